The van der Waals surface area contributed by atoms with Crippen LogP contribution >= 0.6 is 0 Å². The second kappa shape index (κ2) is 3.87. The summed E-state index contributed by atoms with van der Waals surface area (Å²) in [6.07, 6.45) is 1.76. The molecule has 3 heterocycles. The minimum atomic E-state index is 0.0612. The van der Waals surface area contributed by atoms with Crippen LogP contribution in [0, 0.1) is 0 Å². The quantitative estimate of drug-likeness (QED) is 0.788. The van der Waals surface area contributed by atoms with Gasteiger partial charge < -0.3 is 14.5 Å². The fourth-order valence-electron chi connectivity index (χ4n) is 2.81. The van der Waals surface area contributed by atoms with Crippen LogP contribution in [-0.4, -0.2) is 50.8 Å². The first kappa shape index (κ1) is 10.3. The number of furan rings is 1. The van der Waals surface area contributed by atoms with Gasteiger partial charge in [0, 0.05) is 25.7 Å². The van der Waals surface area contributed by atoms with Crippen molar-refractivity contribution in [2.75, 3.05) is 39.9 Å². The summed E-state index contributed by atoms with van der Waals surface area (Å²) in [5.74, 6) is 1.07. The highest BCUT2D eigenvalue weighted by atomic mass is 16.5. The van der Waals surface area contributed by atoms with E-state index in [0.717, 1.165) is 38.6 Å². The van der Waals surface area contributed by atoms with Crippen LogP contribution in [0.25, 0.3) is 0 Å². The van der Waals surface area contributed by atoms with E-state index in [9.17, 15) is 0 Å². The molecular weight excluding hydrogens is 204 g/mol. The molecule has 0 aromatic carbocycles. The molecule has 0 aliphatic carbocycles. The predicted octanol–water partition coefficient (Wildman–Crippen LogP) is 0.451. The first-order valence-electron chi connectivity index (χ1n) is 5.86. The third-order valence-corrected chi connectivity index (χ3v) is 3.88. The molecular formula is C12H18N2O2. The summed E-state index contributed by atoms with van der Waals surface area (Å²) in [6.45, 7) is 4.73. The van der Waals surface area contributed by atoms with Crippen LogP contribution in [-0.2, 0) is 10.2 Å². The summed E-state index contributed by atoms with van der Waals surface area (Å²) >= 11 is 0. The van der Waals surface area contributed by atoms with E-state index in [-0.39, 0.29) is 5.41 Å². The zero-order valence-electron chi connectivity index (χ0n) is 9.61. The van der Waals surface area contributed by atoms with Crippen LogP contribution in [0.5, 0.6) is 0 Å². The smallest absolute Gasteiger partial charge is 0.116 e. The fraction of sp³-hybridized carbons (Fsp3) is 0.667. The molecule has 0 amide bonds. The lowest BCUT2D eigenvalue weighted by atomic mass is 9.74. The van der Waals surface area contributed by atoms with Gasteiger partial charge in [-0.1, -0.05) is 0 Å². The number of rotatable bonds is 2. The zero-order valence-corrected chi connectivity index (χ0v) is 9.61. The highest BCUT2D eigenvalue weighted by Gasteiger charge is 2.51. The molecule has 88 valence electrons. The molecule has 1 N–H and O–H groups in total. The molecule has 4 nitrogen and oxygen atoms in total. The summed E-state index contributed by atoms with van der Waals surface area (Å²) < 4.78 is 11.1. The van der Waals surface area contributed by atoms with Gasteiger partial charge in [-0.05, 0) is 19.2 Å². The van der Waals surface area contributed by atoms with E-state index >= 15 is 0 Å². The Kier molecular flexibility index (Phi) is 2.50. The van der Waals surface area contributed by atoms with Gasteiger partial charge in [-0.15, -0.1) is 0 Å². The van der Waals surface area contributed by atoms with Crippen LogP contribution in [0.1, 0.15) is 5.76 Å². The normalized spacial score (nSPS) is 29.9. The number of ether oxygens (including phenoxy) is 1. The van der Waals surface area contributed by atoms with Gasteiger partial charge in [0.1, 0.15) is 5.76 Å². The first-order chi connectivity index (χ1) is 7.83. The topological polar surface area (TPSA) is 37.6 Å². The molecule has 1 unspecified atom stereocenters. The van der Waals surface area contributed by atoms with Crippen LogP contribution in [0.3, 0.4) is 0 Å². The molecule has 16 heavy (non-hydrogen) atoms. The highest BCUT2D eigenvalue weighted by molar-refractivity contribution is 5.22. The van der Waals surface area contributed by atoms with Gasteiger partial charge in [-0.2, -0.15) is 0 Å². The molecule has 2 fully saturated rings. The third-order valence-electron chi connectivity index (χ3n) is 3.88. The van der Waals surface area contributed by atoms with Gasteiger partial charge in [0.05, 0.1) is 24.9 Å². The van der Waals surface area contributed by atoms with Crippen molar-refractivity contribution in [1.82, 2.24) is 10.2 Å². The Labute approximate surface area is 95.6 Å². The minimum absolute atomic E-state index is 0.0612. The monoisotopic (exact) mass is 222 g/mol. The van der Waals surface area contributed by atoms with E-state index in [1.165, 1.54) is 0 Å². The maximum atomic E-state index is 5.61. The Balaban J connectivity index is 1.89. The van der Waals surface area contributed by atoms with Crippen LogP contribution in [0.15, 0.2) is 22.8 Å². The van der Waals surface area contributed by atoms with Crippen molar-refractivity contribution < 1.29 is 9.15 Å². The molecule has 1 aromatic rings. The maximum Gasteiger partial charge on any atom is 0.116 e. The molecule has 2 aliphatic rings. The van der Waals surface area contributed by atoms with Gasteiger partial charge in [-0.3, -0.25) is 4.90 Å². The molecule has 0 radical (unpaired) electrons. The van der Waals surface area contributed by atoms with E-state index in [0.29, 0.717) is 6.04 Å². The molecule has 0 saturated carbocycles. The molecule has 0 spiro atoms. The molecule has 4 heteroatoms. The summed E-state index contributed by atoms with van der Waals surface area (Å²) in [5.41, 5.74) is 0.0612. The van der Waals surface area contributed by atoms with E-state index in [1.807, 2.05) is 6.07 Å². The number of likely N-dealkylation sites (N-methyl/N-ethyl adjacent to an activating group) is 1. The average Bonchev–Trinajstić information content (AvgIpc) is 2.73. The van der Waals surface area contributed by atoms with Crippen molar-refractivity contribution in [3.8, 4) is 0 Å². The average molecular weight is 222 g/mol. The Morgan fingerprint density at radius 1 is 1.50 bits per heavy atom. The zero-order chi connectivity index (χ0) is 11.0. The number of piperazine rings is 1. The minimum Gasteiger partial charge on any atom is -0.469 e. The summed E-state index contributed by atoms with van der Waals surface area (Å²) in [4.78, 5) is 2.42. The Morgan fingerprint density at radius 2 is 2.38 bits per heavy atom. The maximum absolute atomic E-state index is 5.61. The van der Waals surface area contributed by atoms with E-state index in [1.54, 1.807) is 6.26 Å². The number of hydrogen-bond donors (Lipinski definition) is 1. The van der Waals surface area contributed by atoms with E-state index in [4.69, 9.17) is 9.15 Å². The predicted molar refractivity (Wildman–Crippen MR) is 60.5 cm³/mol. The second-order valence-electron chi connectivity index (χ2n) is 4.83. The van der Waals surface area contributed by atoms with Crippen LogP contribution in [0.2, 0.25) is 0 Å². The molecule has 2 saturated heterocycles. The lowest BCUT2D eigenvalue weighted by Crippen LogP contribution is -2.66. The molecule has 3 rings (SSSR count). The van der Waals surface area contributed by atoms with Crippen molar-refractivity contribution in [3.63, 3.8) is 0 Å². The van der Waals surface area contributed by atoms with Gasteiger partial charge in [0.15, 0.2) is 0 Å². The lowest BCUT2D eigenvalue weighted by Gasteiger charge is -2.50. The van der Waals surface area contributed by atoms with Crippen molar-refractivity contribution in [3.05, 3.63) is 24.2 Å². The molecule has 0 bridgehead atoms. The summed E-state index contributed by atoms with van der Waals surface area (Å²) in [6, 6.07) is 4.51. The Morgan fingerprint density at radius 3 is 2.94 bits per heavy atom. The molecule has 2 aliphatic heterocycles. The van der Waals surface area contributed by atoms with Gasteiger partial charge in [0.25, 0.3) is 0 Å². The van der Waals surface area contributed by atoms with E-state index in [2.05, 4.69) is 23.3 Å². The number of nitrogens with one attached hydrogen (secondary N) is 1. The second-order valence-corrected chi connectivity index (χ2v) is 4.83. The van der Waals surface area contributed by atoms with Crippen molar-refractivity contribution in [2.24, 2.45) is 0 Å². The van der Waals surface area contributed by atoms with Crippen molar-refractivity contribution >= 4 is 0 Å². The molecule has 1 atom stereocenters. The standard InChI is InChI=1S/C12H18N2O2/c1-14-5-4-13-7-10(14)12(8-15-9-12)11-3-2-6-16-11/h2-3,6,10,13H,4-5,7-9H2,1H3. The number of hydrogen-bond acceptors (Lipinski definition) is 4. The highest BCUT2D eigenvalue weighted by Crippen LogP contribution is 2.38. The number of nitrogens with zero attached hydrogens (tertiary/aromatic N) is 1. The summed E-state index contributed by atoms with van der Waals surface area (Å²) in [7, 11) is 2.19. The van der Waals surface area contributed by atoms with Gasteiger partial charge in [-0.25, -0.2) is 0 Å². The fourth-order valence-corrected chi connectivity index (χ4v) is 2.81. The van der Waals surface area contributed by atoms with E-state index < -0.39 is 0 Å². The van der Waals surface area contributed by atoms with Gasteiger partial charge >= 0.3 is 0 Å². The Hall–Kier alpha value is -0.840. The third kappa shape index (κ3) is 1.41. The van der Waals surface area contributed by atoms with Crippen molar-refractivity contribution in [1.29, 1.82) is 0 Å². The SMILES string of the molecule is CN1CCNCC1C1(c2ccco2)COC1. The van der Waals surface area contributed by atoms with Crippen LogP contribution < -0.4 is 5.32 Å². The Bertz CT molecular complexity index is 346. The lowest BCUT2D eigenvalue weighted by molar-refractivity contribution is -0.112. The van der Waals surface area contributed by atoms with Gasteiger partial charge in [0.2, 0.25) is 0 Å². The molecule has 1 aromatic heterocycles. The van der Waals surface area contributed by atoms with Crippen LogP contribution in [0.4, 0.5) is 0 Å². The van der Waals surface area contributed by atoms with Crippen molar-refractivity contribution in [2.45, 2.75) is 11.5 Å². The summed E-state index contributed by atoms with van der Waals surface area (Å²) in [5, 5.41) is 3.46. The largest absolute Gasteiger partial charge is 0.469 e. The first-order valence-corrected chi connectivity index (χ1v) is 5.86.